The quantitative estimate of drug-likeness (QED) is 0.242. The summed E-state index contributed by atoms with van der Waals surface area (Å²) in [6, 6.07) is 0. The summed E-state index contributed by atoms with van der Waals surface area (Å²) in [6.45, 7) is 0. The third-order valence-electron chi connectivity index (χ3n) is 5.11. The van der Waals surface area contributed by atoms with E-state index in [-0.39, 0.29) is 35.5 Å². The second-order valence-electron chi connectivity index (χ2n) is 7.61. The Morgan fingerprint density at radius 2 is 0.750 bits per heavy atom. The van der Waals surface area contributed by atoms with Gasteiger partial charge in [-0.05, 0) is 38.5 Å². The van der Waals surface area contributed by atoms with Gasteiger partial charge in [0.05, 0.1) is 0 Å². The van der Waals surface area contributed by atoms with Gasteiger partial charge in [0.25, 0.3) is 0 Å². The van der Waals surface area contributed by atoms with Crippen molar-refractivity contribution in [3.63, 3.8) is 0 Å². The molecule has 4 amide bonds. The zero-order chi connectivity index (χ0) is 21.4. The molecule has 162 valence electrons. The Kier molecular flexibility index (Phi) is 14.7. The van der Waals surface area contributed by atoms with E-state index in [0.29, 0.717) is 38.5 Å². The number of unbranched alkanes of at least 4 members (excludes halogenated alkanes) is 5. The zero-order valence-electron chi connectivity index (χ0n) is 17.0. The van der Waals surface area contributed by atoms with Crippen LogP contribution in [0.2, 0.25) is 0 Å². The summed E-state index contributed by atoms with van der Waals surface area (Å²) in [6.07, 6.45) is 10.5. The Balaban J connectivity index is 3.79. The molecule has 0 aliphatic carbocycles. The highest BCUT2D eigenvalue weighted by atomic mass is 16.2. The van der Waals surface area contributed by atoms with Crippen molar-refractivity contribution in [1.82, 2.24) is 0 Å². The molecule has 8 N–H and O–H groups in total. The van der Waals surface area contributed by atoms with Gasteiger partial charge in [0.2, 0.25) is 23.6 Å². The lowest BCUT2D eigenvalue weighted by atomic mass is 9.93. The maximum atomic E-state index is 11.5. The summed E-state index contributed by atoms with van der Waals surface area (Å²) in [5.41, 5.74) is 21.1. The summed E-state index contributed by atoms with van der Waals surface area (Å²) in [5, 5.41) is 0. The van der Waals surface area contributed by atoms with E-state index in [1.165, 1.54) is 0 Å². The van der Waals surface area contributed by atoms with Crippen LogP contribution in [-0.4, -0.2) is 23.6 Å². The van der Waals surface area contributed by atoms with Crippen molar-refractivity contribution in [3.8, 4) is 0 Å². The highest BCUT2D eigenvalue weighted by Gasteiger charge is 2.16. The number of hydrogen-bond donors (Lipinski definition) is 4. The number of nitrogens with two attached hydrogens (primary N) is 4. The molecule has 8 nitrogen and oxygen atoms in total. The first-order valence-electron chi connectivity index (χ1n) is 10.4. The van der Waals surface area contributed by atoms with Crippen molar-refractivity contribution in [2.75, 3.05) is 0 Å². The van der Waals surface area contributed by atoms with Crippen molar-refractivity contribution in [2.45, 2.75) is 89.9 Å². The van der Waals surface area contributed by atoms with Crippen LogP contribution < -0.4 is 22.9 Å². The molecule has 2 unspecified atom stereocenters. The number of amides is 4. The van der Waals surface area contributed by atoms with Gasteiger partial charge in [-0.25, -0.2) is 0 Å². The molecule has 0 fully saturated rings. The average Bonchev–Trinajstić information content (AvgIpc) is 2.59. The van der Waals surface area contributed by atoms with Gasteiger partial charge in [-0.1, -0.05) is 38.5 Å². The van der Waals surface area contributed by atoms with Crippen LogP contribution in [0.1, 0.15) is 89.9 Å². The van der Waals surface area contributed by atoms with Crippen LogP contribution in [0, 0.1) is 11.8 Å². The van der Waals surface area contributed by atoms with Crippen LogP contribution in [0.15, 0.2) is 0 Å². The average molecular weight is 399 g/mol. The molecule has 0 aromatic rings. The van der Waals surface area contributed by atoms with Gasteiger partial charge in [-0.15, -0.1) is 0 Å². The van der Waals surface area contributed by atoms with Gasteiger partial charge >= 0.3 is 0 Å². The number of hydrogen-bond acceptors (Lipinski definition) is 4. The molecule has 0 radical (unpaired) electrons. The van der Waals surface area contributed by atoms with Crippen LogP contribution >= 0.6 is 0 Å². The van der Waals surface area contributed by atoms with E-state index in [4.69, 9.17) is 22.9 Å². The maximum absolute atomic E-state index is 11.5. The fourth-order valence-corrected chi connectivity index (χ4v) is 3.39. The molecule has 0 aromatic heterocycles. The Bertz CT molecular complexity index is 453. The summed E-state index contributed by atoms with van der Waals surface area (Å²) < 4.78 is 0. The first-order chi connectivity index (χ1) is 13.2. The summed E-state index contributed by atoms with van der Waals surface area (Å²) in [7, 11) is 0. The van der Waals surface area contributed by atoms with Crippen LogP contribution in [0.3, 0.4) is 0 Å². The number of rotatable bonds is 19. The molecule has 0 aliphatic heterocycles. The standard InChI is InChI=1S/C20H38N4O4/c21-17(25)13-7-11-15(19(23)27)9-5-3-1-2-4-6-10-16(20(24)28)12-8-14-18(22)26/h15-16H,1-14H2,(H2,21,25)(H2,22,26)(H2,23,27)(H2,24,28). The molecular formula is C20H38N4O4. The molecule has 0 aromatic carbocycles. The lowest BCUT2D eigenvalue weighted by molar-refractivity contribution is -0.123. The highest BCUT2D eigenvalue weighted by molar-refractivity contribution is 5.77. The Morgan fingerprint density at radius 1 is 0.464 bits per heavy atom. The van der Waals surface area contributed by atoms with Gasteiger partial charge in [-0.2, -0.15) is 0 Å². The minimum absolute atomic E-state index is 0.184. The van der Waals surface area contributed by atoms with Crippen LogP contribution in [0.5, 0.6) is 0 Å². The SMILES string of the molecule is NC(=O)CCCC(CCCCCCCCC(CCCC(N)=O)C(N)=O)C(N)=O. The van der Waals surface area contributed by atoms with Gasteiger partial charge < -0.3 is 22.9 Å². The maximum Gasteiger partial charge on any atom is 0.220 e. The molecule has 0 bridgehead atoms. The molecule has 0 saturated heterocycles. The first-order valence-corrected chi connectivity index (χ1v) is 10.4. The van der Waals surface area contributed by atoms with E-state index >= 15 is 0 Å². The van der Waals surface area contributed by atoms with Crippen LogP contribution in [0.4, 0.5) is 0 Å². The van der Waals surface area contributed by atoms with Crippen LogP contribution in [0.25, 0.3) is 0 Å². The van der Waals surface area contributed by atoms with Crippen molar-refractivity contribution in [3.05, 3.63) is 0 Å². The number of primary amides is 4. The van der Waals surface area contributed by atoms with Crippen molar-refractivity contribution in [2.24, 2.45) is 34.8 Å². The largest absolute Gasteiger partial charge is 0.370 e. The Labute approximate surface area is 168 Å². The van der Waals surface area contributed by atoms with E-state index in [1.54, 1.807) is 0 Å². The summed E-state index contributed by atoms with van der Waals surface area (Å²) in [5.74, 6) is -1.69. The molecule has 0 aliphatic rings. The summed E-state index contributed by atoms with van der Waals surface area (Å²) >= 11 is 0. The topological polar surface area (TPSA) is 172 Å². The molecule has 0 rings (SSSR count). The van der Waals surface area contributed by atoms with Crippen molar-refractivity contribution < 1.29 is 19.2 Å². The van der Waals surface area contributed by atoms with Gasteiger partial charge in [0, 0.05) is 24.7 Å². The van der Waals surface area contributed by atoms with Gasteiger partial charge in [0.1, 0.15) is 0 Å². The van der Waals surface area contributed by atoms with E-state index in [0.717, 1.165) is 51.4 Å². The van der Waals surface area contributed by atoms with E-state index in [2.05, 4.69) is 0 Å². The molecule has 28 heavy (non-hydrogen) atoms. The minimum atomic E-state index is -0.352. The molecule has 0 heterocycles. The van der Waals surface area contributed by atoms with Crippen molar-refractivity contribution >= 4 is 23.6 Å². The monoisotopic (exact) mass is 398 g/mol. The molecule has 8 heteroatoms. The van der Waals surface area contributed by atoms with Crippen LogP contribution in [-0.2, 0) is 19.2 Å². The molecular weight excluding hydrogens is 360 g/mol. The third-order valence-corrected chi connectivity index (χ3v) is 5.11. The number of carbonyl (C=O) groups excluding carboxylic acids is 4. The highest BCUT2D eigenvalue weighted by Crippen LogP contribution is 2.19. The minimum Gasteiger partial charge on any atom is -0.370 e. The lowest BCUT2D eigenvalue weighted by Gasteiger charge is -2.13. The Hall–Kier alpha value is -2.12. The second kappa shape index (κ2) is 15.9. The predicted molar refractivity (Wildman–Crippen MR) is 108 cm³/mol. The Morgan fingerprint density at radius 3 is 1.04 bits per heavy atom. The molecule has 0 spiro atoms. The first kappa shape index (κ1) is 25.9. The third kappa shape index (κ3) is 15.0. The fourth-order valence-electron chi connectivity index (χ4n) is 3.39. The van der Waals surface area contributed by atoms with E-state index in [1.807, 2.05) is 0 Å². The van der Waals surface area contributed by atoms with Gasteiger partial charge in [-0.3, -0.25) is 19.2 Å². The molecule has 0 saturated carbocycles. The van der Waals surface area contributed by atoms with E-state index < -0.39 is 0 Å². The smallest absolute Gasteiger partial charge is 0.220 e. The predicted octanol–water partition coefficient (Wildman–Crippen LogP) is 1.62. The van der Waals surface area contributed by atoms with Gasteiger partial charge in [0.15, 0.2) is 0 Å². The number of carbonyl (C=O) groups is 4. The summed E-state index contributed by atoms with van der Waals surface area (Å²) in [4.78, 5) is 44.4. The second-order valence-corrected chi connectivity index (χ2v) is 7.61. The molecule has 2 atom stereocenters. The lowest BCUT2D eigenvalue weighted by Crippen LogP contribution is -2.24. The van der Waals surface area contributed by atoms with Crippen molar-refractivity contribution in [1.29, 1.82) is 0 Å². The van der Waals surface area contributed by atoms with E-state index in [9.17, 15) is 19.2 Å². The zero-order valence-corrected chi connectivity index (χ0v) is 17.0. The fraction of sp³-hybridized carbons (Fsp3) is 0.800. The normalized spacial score (nSPS) is 13.0.